The maximum Gasteiger partial charge on any atom is 0.262 e. The van der Waals surface area contributed by atoms with Gasteiger partial charge in [-0.05, 0) is 43.7 Å². The van der Waals surface area contributed by atoms with Crippen LogP contribution in [0.2, 0.25) is 0 Å². The monoisotopic (exact) mass is 361 g/mol. The number of methoxy groups -OCH3 is 1. The molecule has 2 aromatic heterocycles. The van der Waals surface area contributed by atoms with E-state index in [1.165, 1.54) is 0 Å². The second-order valence-corrected chi connectivity index (χ2v) is 6.09. The SMILES string of the molecule is CCOc1nc2cc(C)ccc2cc1-c1noc(-c2ccccc2OC)n1. The average molecular weight is 361 g/mol. The molecule has 6 nitrogen and oxygen atoms in total. The Morgan fingerprint density at radius 3 is 2.67 bits per heavy atom. The van der Waals surface area contributed by atoms with Gasteiger partial charge in [-0.3, -0.25) is 0 Å². The van der Waals surface area contributed by atoms with Crippen LogP contribution in [0.1, 0.15) is 12.5 Å². The zero-order valence-corrected chi connectivity index (χ0v) is 15.4. The molecule has 136 valence electrons. The van der Waals surface area contributed by atoms with E-state index in [0.717, 1.165) is 22.0 Å². The molecule has 0 bridgehead atoms. The normalized spacial score (nSPS) is 10.9. The number of fused-ring (bicyclic) bond motifs is 1. The van der Waals surface area contributed by atoms with Crippen LogP contribution in [0.5, 0.6) is 11.6 Å². The van der Waals surface area contributed by atoms with Crippen molar-refractivity contribution < 1.29 is 14.0 Å². The lowest BCUT2D eigenvalue weighted by molar-refractivity contribution is 0.329. The third-order valence-electron chi connectivity index (χ3n) is 4.22. The second kappa shape index (κ2) is 7.07. The molecule has 0 aliphatic carbocycles. The summed E-state index contributed by atoms with van der Waals surface area (Å²) in [7, 11) is 1.61. The van der Waals surface area contributed by atoms with E-state index in [1.54, 1.807) is 7.11 Å². The number of para-hydroxylation sites is 1. The second-order valence-electron chi connectivity index (χ2n) is 6.09. The summed E-state index contributed by atoms with van der Waals surface area (Å²) in [6, 6.07) is 15.6. The molecular formula is C21H19N3O3. The van der Waals surface area contributed by atoms with Crippen molar-refractivity contribution in [3.05, 3.63) is 54.1 Å². The molecule has 0 saturated heterocycles. The van der Waals surface area contributed by atoms with Crippen LogP contribution >= 0.6 is 0 Å². The van der Waals surface area contributed by atoms with Crippen molar-refractivity contribution >= 4 is 10.9 Å². The average Bonchev–Trinajstić information content (AvgIpc) is 3.17. The van der Waals surface area contributed by atoms with Crippen molar-refractivity contribution in [3.63, 3.8) is 0 Å². The van der Waals surface area contributed by atoms with Crippen LogP contribution in [-0.2, 0) is 0 Å². The van der Waals surface area contributed by atoms with Gasteiger partial charge in [0.25, 0.3) is 5.89 Å². The van der Waals surface area contributed by atoms with E-state index < -0.39 is 0 Å². The summed E-state index contributed by atoms with van der Waals surface area (Å²) in [4.78, 5) is 9.20. The van der Waals surface area contributed by atoms with Gasteiger partial charge < -0.3 is 14.0 Å². The first kappa shape index (κ1) is 17.0. The molecular weight excluding hydrogens is 342 g/mol. The summed E-state index contributed by atoms with van der Waals surface area (Å²) in [5.74, 6) is 1.97. The molecule has 0 amide bonds. The van der Waals surface area contributed by atoms with Crippen LogP contribution in [0.4, 0.5) is 0 Å². The molecule has 0 aliphatic heterocycles. The van der Waals surface area contributed by atoms with Crippen LogP contribution in [-0.4, -0.2) is 28.8 Å². The third kappa shape index (κ3) is 3.21. The molecule has 0 radical (unpaired) electrons. The molecule has 2 heterocycles. The predicted molar refractivity (Wildman–Crippen MR) is 103 cm³/mol. The van der Waals surface area contributed by atoms with Gasteiger partial charge in [-0.25, -0.2) is 4.98 Å². The summed E-state index contributed by atoms with van der Waals surface area (Å²) >= 11 is 0. The molecule has 0 atom stereocenters. The van der Waals surface area contributed by atoms with Gasteiger partial charge in [-0.15, -0.1) is 0 Å². The lowest BCUT2D eigenvalue weighted by Gasteiger charge is -2.08. The molecule has 4 aromatic rings. The summed E-state index contributed by atoms with van der Waals surface area (Å²) in [5, 5.41) is 5.13. The summed E-state index contributed by atoms with van der Waals surface area (Å²) < 4.78 is 16.6. The highest BCUT2D eigenvalue weighted by molar-refractivity contribution is 5.85. The number of ether oxygens (including phenoxy) is 2. The van der Waals surface area contributed by atoms with Crippen LogP contribution in [0.3, 0.4) is 0 Å². The number of rotatable bonds is 5. The smallest absolute Gasteiger partial charge is 0.262 e. The van der Waals surface area contributed by atoms with E-state index in [-0.39, 0.29) is 0 Å². The predicted octanol–water partition coefficient (Wildman–Crippen LogP) is 4.67. The fraction of sp³-hybridized carbons (Fsp3) is 0.190. The van der Waals surface area contributed by atoms with Crippen molar-refractivity contribution in [2.75, 3.05) is 13.7 Å². The van der Waals surface area contributed by atoms with Crippen molar-refractivity contribution in [2.24, 2.45) is 0 Å². The largest absolute Gasteiger partial charge is 0.496 e. The Bertz CT molecular complexity index is 1100. The van der Waals surface area contributed by atoms with Crippen molar-refractivity contribution in [3.8, 4) is 34.5 Å². The van der Waals surface area contributed by atoms with Crippen LogP contribution in [0, 0.1) is 6.92 Å². The molecule has 6 heteroatoms. The van der Waals surface area contributed by atoms with E-state index in [4.69, 9.17) is 14.0 Å². The maximum absolute atomic E-state index is 5.74. The zero-order chi connectivity index (χ0) is 18.8. The Kier molecular flexibility index (Phi) is 4.46. The maximum atomic E-state index is 5.74. The number of aromatic nitrogens is 3. The number of hydrogen-bond donors (Lipinski definition) is 0. The molecule has 0 fully saturated rings. The van der Waals surface area contributed by atoms with Crippen molar-refractivity contribution in [1.29, 1.82) is 0 Å². The van der Waals surface area contributed by atoms with E-state index in [1.807, 2.05) is 62.4 Å². The lowest BCUT2D eigenvalue weighted by atomic mass is 10.1. The van der Waals surface area contributed by atoms with Crippen molar-refractivity contribution in [1.82, 2.24) is 15.1 Å². The Balaban J connectivity index is 1.83. The molecule has 27 heavy (non-hydrogen) atoms. The molecule has 4 rings (SSSR count). The highest BCUT2D eigenvalue weighted by Crippen LogP contribution is 2.34. The molecule has 0 saturated carbocycles. The summed E-state index contributed by atoms with van der Waals surface area (Å²) in [5.41, 5.74) is 3.44. The first-order valence-electron chi connectivity index (χ1n) is 8.71. The Hall–Kier alpha value is -3.41. The molecule has 0 N–H and O–H groups in total. The van der Waals surface area contributed by atoms with E-state index >= 15 is 0 Å². The number of pyridine rings is 1. The molecule has 0 spiro atoms. The van der Waals surface area contributed by atoms with Crippen molar-refractivity contribution in [2.45, 2.75) is 13.8 Å². The quantitative estimate of drug-likeness (QED) is 0.514. The molecule has 2 aromatic carbocycles. The molecule has 0 aliphatic rings. The van der Waals surface area contributed by atoms with Gasteiger partial charge in [0.15, 0.2) is 0 Å². The number of aryl methyl sites for hydroxylation is 1. The van der Waals surface area contributed by atoms with Gasteiger partial charge in [0, 0.05) is 5.39 Å². The van der Waals surface area contributed by atoms with Gasteiger partial charge in [-0.2, -0.15) is 4.98 Å². The Labute approximate surface area is 156 Å². The fourth-order valence-corrected chi connectivity index (χ4v) is 2.93. The summed E-state index contributed by atoms with van der Waals surface area (Å²) in [6.07, 6.45) is 0. The van der Waals surface area contributed by atoms with Gasteiger partial charge >= 0.3 is 0 Å². The minimum atomic E-state index is 0.383. The van der Waals surface area contributed by atoms with Crippen LogP contribution in [0.15, 0.2) is 53.1 Å². The number of benzene rings is 2. The zero-order valence-electron chi connectivity index (χ0n) is 15.4. The number of nitrogens with zero attached hydrogens (tertiary/aromatic N) is 3. The molecule has 0 unspecified atom stereocenters. The van der Waals surface area contributed by atoms with Gasteiger partial charge in [-0.1, -0.05) is 29.4 Å². The van der Waals surface area contributed by atoms with E-state index in [2.05, 4.69) is 15.1 Å². The Morgan fingerprint density at radius 2 is 1.85 bits per heavy atom. The lowest BCUT2D eigenvalue weighted by Crippen LogP contribution is -1.98. The van der Waals surface area contributed by atoms with Crippen LogP contribution < -0.4 is 9.47 Å². The minimum Gasteiger partial charge on any atom is -0.496 e. The van der Waals surface area contributed by atoms with Gasteiger partial charge in [0.1, 0.15) is 5.75 Å². The number of hydrogen-bond acceptors (Lipinski definition) is 6. The first-order valence-corrected chi connectivity index (χ1v) is 8.71. The Morgan fingerprint density at radius 1 is 1.00 bits per heavy atom. The van der Waals surface area contributed by atoms with Gasteiger partial charge in [0.2, 0.25) is 11.7 Å². The first-order chi connectivity index (χ1) is 13.2. The highest BCUT2D eigenvalue weighted by Gasteiger charge is 2.19. The topological polar surface area (TPSA) is 70.3 Å². The third-order valence-corrected chi connectivity index (χ3v) is 4.22. The standard InChI is InChI=1S/C21H19N3O3/c1-4-26-20-16(12-14-10-9-13(2)11-17(14)22-20)19-23-21(27-24-19)15-7-5-6-8-18(15)25-3/h5-12H,4H2,1-3H3. The van der Waals surface area contributed by atoms with Gasteiger partial charge in [0.05, 0.1) is 30.4 Å². The van der Waals surface area contributed by atoms with E-state index in [9.17, 15) is 0 Å². The highest BCUT2D eigenvalue weighted by atomic mass is 16.5. The fourth-order valence-electron chi connectivity index (χ4n) is 2.93. The van der Waals surface area contributed by atoms with E-state index in [0.29, 0.717) is 35.5 Å². The van der Waals surface area contributed by atoms with Crippen LogP contribution in [0.25, 0.3) is 33.7 Å². The summed E-state index contributed by atoms with van der Waals surface area (Å²) in [6.45, 7) is 4.45. The minimum absolute atomic E-state index is 0.383.